The Labute approximate surface area is 134 Å². The quantitative estimate of drug-likeness (QED) is 0.580. The molecular formula is C18H20O5. The topological polar surface area (TPSA) is 87.0 Å². The summed E-state index contributed by atoms with van der Waals surface area (Å²) in [6.45, 7) is 2.32. The van der Waals surface area contributed by atoms with Crippen molar-refractivity contribution in [1.29, 1.82) is 0 Å². The highest BCUT2D eigenvalue weighted by molar-refractivity contribution is 5.71. The number of phenols is 1. The van der Waals surface area contributed by atoms with Gasteiger partial charge in [0.2, 0.25) is 0 Å². The minimum atomic E-state index is -1.69. The molecule has 0 saturated carbocycles. The lowest BCUT2D eigenvalue weighted by atomic mass is 9.86. The van der Waals surface area contributed by atoms with Crippen molar-refractivity contribution in [3.05, 3.63) is 59.2 Å². The van der Waals surface area contributed by atoms with Crippen LogP contribution in [0.1, 0.15) is 23.6 Å². The summed E-state index contributed by atoms with van der Waals surface area (Å²) < 4.78 is 5.02. The van der Waals surface area contributed by atoms with Crippen LogP contribution < -0.4 is 4.74 Å². The van der Waals surface area contributed by atoms with E-state index in [9.17, 15) is 20.1 Å². The van der Waals surface area contributed by atoms with Crippen LogP contribution in [0.25, 0.3) is 0 Å². The molecule has 0 spiro atoms. The lowest BCUT2D eigenvalue weighted by molar-refractivity contribution is -0.132. The standard InChI is InChI=1S/C18H20O5/c1-12-8-9-15(16(21)17(12)23-13(2)20)18(22,11-19)10-14-6-4-3-5-7-14/h3-9,19,21-22H,10-11H2,1-2H3. The Kier molecular flexibility index (Phi) is 5.03. The zero-order valence-corrected chi connectivity index (χ0v) is 13.1. The van der Waals surface area contributed by atoms with Crippen LogP contribution in [-0.2, 0) is 16.8 Å². The molecule has 2 aromatic carbocycles. The van der Waals surface area contributed by atoms with Crippen LogP contribution >= 0.6 is 0 Å². The van der Waals surface area contributed by atoms with Gasteiger partial charge in [-0.2, -0.15) is 0 Å². The number of carbonyl (C=O) groups is 1. The van der Waals surface area contributed by atoms with E-state index >= 15 is 0 Å². The number of aliphatic hydroxyl groups excluding tert-OH is 1. The monoisotopic (exact) mass is 316 g/mol. The second kappa shape index (κ2) is 6.81. The van der Waals surface area contributed by atoms with E-state index in [1.54, 1.807) is 13.0 Å². The van der Waals surface area contributed by atoms with Gasteiger partial charge in [0.05, 0.1) is 6.61 Å². The van der Waals surface area contributed by atoms with Gasteiger partial charge in [-0.15, -0.1) is 0 Å². The number of aromatic hydroxyl groups is 1. The highest BCUT2D eigenvalue weighted by Gasteiger charge is 2.33. The summed E-state index contributed by atoms with van der Waals surface area (Å²) in [5.41, 5.74) is -0.209. The van der Waals surface area contributed by atoms with Crippen LogP contribution in [0.15, 0.2) is 42.5 Å². The third-order valence-electron chi connectivity index (χ3n) is 3.68. The van der Waals surface area contributed by atoms with E-state index in [-0.39, 0.29) is 23.5 Å². The fraction of sp³-hybridized carbons (Fsp3) is 0.278. The van der Waals surface area contributed by atoms with Crippen LogP contribution in [0.5, 0.6) is 11.5 Å². The molecule has 0 aliphatic rings. The van der Waals surface area contributed by atoms with Crippen LogP contribution in [-0.4, -0.2) is 27.9 Å². The fourth-order valence-electron chi connectivity index (χ4n) is 2.49. The summed E-state index contributed by atoms with van der Waals surface area (Å²) in [7, 11) is 0. The van der Waals surface area contributed by atoms with Crippen molar-refractivity contribution in [3.8, 4) is 11.5 Å². The molecule has 0 aliphatic heterocycles. The van der Waals surface area contributed by atoms with Gasteiger partial charge >= 0.3 is 5.97 Å². The molecule has 122 valence electrons. The molecule has 2 aromatic rings. The van der Waals surface area contributed by atoms with Gasteiger partial charge in [0.1, 0.15) is 5.60 Å². The van der Waals surface area contributed by atoms with Gasteiger partial charge in [-0.25, -0.2) is 0 Å². The van der Waals surface area contributed by atoms with E-state index in [0.29, 0.717) is 5.56 Å². The molecule has 0 aromatic heterocycles. The lowest BCUT2D eigenvalue weighted by Crippen LogP contribution is -2.33. The molecular weight excluding hydrogens is 296 g/mol. The molecule has 1 atom stereocenters. The first-order chi connectivity index (χ1) is 10.9. The molecule has 3 N–H and O–H groups in total. The lowest BCUT2D eigenvalue weighted by Gasteiger charge is -2.28. The number of ether oxygens (including phenoxy) is 1. The van der Waals surface area contributed by atoms with Gasteiger partial charge in [-0.1, -0.05) is 42.5 Å². The molecule has 2 rings (SSSR count). The third-order valence-corrected chi connectivity index (χ3v) is 3.68. The van der Waals surface area contributed by atoms with Gasteiger partial charge in [0.15, 0.2) is 11.5 Å². The molecule has 0 fully saturated rings. The molecule has 0 aliphatic carbocycles. The van der Waals surface area contributed by atoms with E-state index in [4.69, 9.17) is 4.74 Å². The summed E-state index contributed by atoms with van der Waals surface area (Å²) in [6.07, 6.45) is 0.112. The second-order valence-electron chi connectivity index (χ2n) is 5.55. The van der Waals surface area contributed by atoms with E-state index < -0.39 is 18.2 Å². The van der Waals surface area contributed by atoms with E-state index in [1.807, 2.05) is 30.3 Å². The van der Waals surface area contributed by atoms with Gasteiger partial charge in [0.25, 0.3) is 0 Å². The SMILES string of the molecule is CC(=O)Oc1c(C)ccc(C(O)(CO)Cc2ccccc2)c1O. The van der Waals surface area contributed by atoms with Crippen molar-refractivity contribution in [2.45, 2.75) is 25.9 Å². The number of carbonyl (C=O) groups excluding carboxylic acids is 1. The number of hydrogen-bond donors (Lipinski definition) is 3. The van der Waals surface area contributed by atoms with E-state index in [0.717, 1.165) is 5.56 Å². The Morgan fingerprint density at radius 2 is 1.83 bits per heavy atom. The van der Waals surface area contributed by atoms with Gasteiger partial charge < -0.3 is 20.1 Å². The zero-order chi connectivity index (χ0) is 17.0. The first kappa shape index (κ1) is 17.0. The van der Waals surface area contributed by atoms with Crippen LogP contribution in [0.4, 0.5) is 0 Å². The van der Waals surface area contributed by atoms with Crippen LogP contribution in [0, 0.1) is 6.92 Å². The Morgan fingerprint density at radius 3 is 2.39 bits per heavy atom. The molecule has 23 heavy (non-hydrogen) atoms. The number of hydrogen-bond acceptors (Lipinski definition) is 5. The summed E-state index contributed by atoms with van der Waals surface area (Å²) in [4.78, 5) is 11.2. The van der Waals surface area contributed by atoms with Crippen LogP contribution in [0.2, 0.25) is 0 Å². The first-order valence-corrected chi connectivity index (χ1v) is 7.26. The molecule has 0 heterocycles. The van der Waals surface area contributed by atoms with Crippen molar-refractivity contribution in [3.63, 3.8) is 0 Å². The third kappa shape index (κ3) is 3.70. The average Bonchev–Trinajstić information content (AvgIpc) is 2.52. The number of aryl methyl sites for hydroxylation is 1. The predicted molar refractivity (Wildman–Crippen MR) is 85.3 cm³/mol. The summed E-state index contributed by atoms with van der Waals surface area (Å²) in [5.74, 6) is -0.918. The van der Waals surface area contributed by atoms with Gasteiger partial charge in [0, 0.05) is 18.9 Å². The van der Waals surface area contributed by atoms with Crippen molar-refractivity contribution < 1.29 is 24.9 Å². The Bertz CT molecular complexity index is 696. The molecule has 1 unspecified atom stereocenters. The average molecular weight is 316 g/mol. The van der Waals surface area contributed by atoms with Crippen molar-refractivity contribution in [1.82, 2.24) is 0 Å². The second-order valence-corrected chi connectivity index (χ2v) is 5.55. The molecule has 5 heteroatoms. The normalized spacial score (nSPS) is 13.4. The highest BCUT2D eigenvalue weighted by atomic mass is 16.5. The summed E-state index contributed by atoms with van der Waals surface area (Å²) in [5, 5.41) is 30.9. The first-order valence-electron chi connectivity index (χ1n) is 7.26. The maximum Gasteiger partial charge on any atom is 0.308 e. The molecule has 5 nitrogen and oxygen atoms in total. The summed E-state index contributed by atoms with van der Waals surface area (Å²) >= 11 is 0. The van der Waals surface area contributed by atoms with E-state index in [1.165, 1.54) is 13.0 Å². The number of esters is 1. The van der Waals surface area contributed by atoms with Crippen molar-refractivity contribution >= 4 is 5.97 Å². The number of benzene rings is 2. The zero-order valence-electron chi connectivity index (χ0n) is 13.1. The Morgan fingerprint density at radius 1 is 1.17 bits per heavy atom. The largest absolute Gasteiger partial charge is 0.504 e. The van der Waals surface area contributed by atoms with Crippen molar-refractivity contribution in [2.75, 3.05) is 6.61 Å². The van der Waals surface area contributed by atoms with Gasteiger partial charge in [-0.3, -0.25) is 4.79 Å². The maximum atomic E-state index is 11.2. The minimum Gasteiger partial charge on any atom is -0.504 e. The smallest absolute Gasteiger partial charge is 0.308 e. The Hall–Kier alpha value is -2.37. The molecule has 0 amide bonds. The number of phenolic OH excluding ortho intramolecular Hbond substituents is 1. The van der Waals surface area contributed by atoms with Gasteiger partial charge in [-0.05, 0) is 18.1 Å². The highest BCUT2D eigenvalue weighted by Crippen LogP contribution is 2.40. The van der Waals surface area contributed by atoms with Crippen molar-refractivity contribution in [2.24, 2.45) is 0 Å². The van der Waals surface area contributed by atoms with E-state index in [2.05, 4.69) is 0 Å². The molecule has 0 radical (unpaired) electrons. The fourth-order valence-corrected chi connectivity index (χ4v) is 2.49. The summed E-state index contributed by atoms with van der Waals surface area (Å²) in [6, 6.07) is 12.3. The molecule has 0 bridgehead atoms. The Balaban J connectivity index is 2.47. The predicted octanol–water partition coefficient (Wildman–Crippen LogP) is 2.05. The number of aliphatic hydroxyl groups is 2. The minimum absolute atomic E-state index is 0.00469. The number of rotatable bonds is 5. The van der Waals surface area contributed by atoms with Crippen LogP contribution in [0.3, 0.4) is 0 Å². The molecule has 0 saturated heterocycles. The maximum absolute atomic E-state index is 11.2.